The molecule has 2 heterocycles. The lowest BCUT2D eigenvalue weighted by atomic mass is 10.1. The predicted octanol–water partition coefficient (Wildman–Crippen LogP) is 5.72. The molecule has 0 amide bonds. The van der Waals surface area contributed by atoms with Gasteiger partial charge < -0.3 is 15.2 Å². The molecule has 0 spiro atoms. The largest absolute Gasteiger partial charge is 0.360 e. The number of hydrogen-bond acceptors (Lipinski definition) is 6. The Bertz CT molecular complexity index is 1120. The van der Waals surface area contributed by atoms with Crippen LogP contribution in [-0.4, -0.2) is 15.1 Å². The van der Waals surface area contributed by atoms with Crippen LogP contribution in [-0.2, 0) is 0 Å². The molecule has 0 aliphatic rings. The van der Waals surface area contributed by atoms with Gasteiger partial charge in [-0.1, -0.05) is 47.1 Å². The van der Waals surface area contributed by atoms with Crippen molar-refractivity contribution in [3.05, 3.63) is 77.3 Å². The zero-order valence-corrected chi connectivity index (χ0v) is 15.5. The first-order chi connectivity index (χ1) is 13.6. The number of halogens is 2. The summed E-state index contributed by atoms with van der Waals surface area (Å²) in [5.41, 5.74) is 2.23. The minimum atomic E-state index is -0.483. The molecule has 0 atom stereocenters. The Morgan fingerprint density at radius 2 is 1.75 bits per heavy atom. The summed E-state index contributed by atoms with van der Waals surface area (Å²) >= 11 is 5.87. The molecule has 0 fully saturated rings. The van der Waals surface area contributed by atoms with Crippen molar-refractivity contribution in [1.29, 1.82) is 0 Å². The number of nitrogens with zero attached hydrogens (tertiary/aromatic N) is 3. The highest BCUT2D eigenvalue weighted by molar-refractivity contribution is 6.31. The Labute approximate surface area is 165 Å². The second-order valence-corrected chi connectivity index (χ2v) is 6.44. The fourth-order valence-corrected chi connectivity index (χ4v) is 2.77. The van der Waals surface area contributed by atoms with Crippen LogP contribution in [0.1, 0.15) is 5.76 Å². The average molecular weight is 396 g/mol. The normalized spacial score (nSPS) is 10.7. The standard InChI is InChI=1S/C20H15ClFN5O/c1-12-9-19(27-28-12)26-20-24-17(13-5-3-2-4-6-13)11-18(25-20)23-14-7-8-16(22)15(21)10-14/h2-11H,1H3,(H2,23,24,25,26,27). The van der Waals surface area contributed by atoms with E-state index in [-0.39, 0.29) is 5.02 Å². The van der Waals surface area contributed by atoms with Gasteiger partial charge in [-0.15, -0.1) is 0 Å². The molecule has 8 heteroatoms. The molecule has 0 bridgehead atoms. The maximum absolute atomic E-state index is 13.4. The van der Waals surface area contributed by atoms with E-state index in [1.807, 2.05) is 30.3 Å². The lowest BCUT2D eigenvalue weighted by Crippen LogP contribution is -2.02. The van der Waals surface area contributed by atoms with E-state index in [0.29, 0.717) is 34.7 Å². The minimum absolute atomic E-state index is 0.0266. The Balaban J connectivity index is 1.71. The molecule has 0 aliphatic heterocycles. The van der Waals surface area contributed by atoms with Crippen LogP contribution in [0.2, 0.25) is 5.02 Å². The number of benzene rings is 2. The van der Waals surface area contributed by atoms with E-state index < -0.39 is 5.82 Å². The van der Waals surface area contributed by atoms with E-state index in [4.69, 9.17) is 16.1 Å². The highest BCUT2D eigenvalue weighted by Gasteiger charge is 2.10. The maximum Gasteiger partial charge on any atom is 0.231 e. The third-order valence-corrected chi connectivity index (χ3v) is 4.15. The van der Waals surface area contributed by atoms with Crippen molar-refractivity contribution in [2.24, 2.45) is 0 Å². The van der Waals surface area contributed by atoms with Gasteiger partial charge in [-0.3, -0.25) is 0 Å². The molecule has 4 rings (SSSR count). The van der Waals surface area contributed by atoms with Crippen molar-refractivity contribution in [3.8, 4) is 11.3 Å². The molecule has 0 aliphatic carbocycles. The third-order valence-electron chi connectivity index (χ3n) is 3.86. The summed E-state index contributed by atoms with van der Waals surface area (Å²) in [7, 11) is 0. The van der Waals surface area contributed by atoms with Crippen molar-refractivity contribution in [3.63, 3.8) is 0 Å². The fourth-order valence-electron chi connectivity index (χ4n) is 2.59. The first-order valence-corrected chi connectivity index (χ1v) is 8.81. The van der Waals surface area contributed by atoms with Gasteiger partial charge in [0.2, 0.25) is 5.95 Å². The summed E-state index contributed by atoms with van der Waals surface area (Å²) in [5.74, 6) is 1.53. The van der Waals surface area contributed by atoms with Crippen LogP contribution < -0.4 is 10.6 Å². The molecule has 0 unspecified atom stereocenters. The zero-order chi connectivity index (χ0) is 19.5. The number of anilines is 4. The van der Waals surface area contributed by atoms with Gasteiger partial charge in [0.25, 0.3) is 0 Å². The minimum Gasteiger partial charge on any atom is -0.360 e. The first kappa shape index (κ1) is 17.9. The Kier molecular flexibility index (Phi) is 4.90. The lowest BCUT2D eigenvalue weighted by Gasteiger charge is -2.11. The second kappa shape index (κ2) is 7.66. The maximum atomic E-state index is 13.4. The van der Waals surface area contributed by atoms with E-state index in [2.05, 4.69) is 25.8 Å². The van der Waals surface area contributed by atoms with E-state index >= 15 is 0 Å². The molecule has 0 saturated heterocycles. The van der Waals surface area contributed by atoms with Crippen LogP contribution in [0.4, 0.5) is 27.7 Å². The highest BCUT2D eigenvalue weighted by atomic mass is 35.5. The Hall–Kier alpha value is -3.45. The Morgan fingerprint density at radius 3 is 2.46 bits per heavy atom. The number of hydrogen-bond donors (Lipinski definition) is 2. The monoisotopic (exact) mass is 395 g/mol. The quantitative estimate of drug-likeness (QED) is 0.450. The second-order valence-electron chi connectivity index (χ2n) is 6.03. The van der Waals surface area contributed by atoms with Gasteiger partial charge in [0.15, 0.2) is 5.82 Å². The van der Waals surface area contributed by atoms with Gasteiger partial charge in [-0.05, 0) is 25.1 Å². The number of rotatable bonds is 5. The van der Waals surface area contributed by atoms with Crippen LogP contribution in [0.15, 0.2) is 65.2 Å². The summed E-state index contributed by atoms with van der Waals surface area (Å²) in [6, 6.07) is 17.6. The van der Waals surface area contributed by atoms with Crippen molar-refractivity contribution in [2.45, 2.75) is 6.92 Å². The average Bonchev–Trinajstić information content (AvgIpc) is 3.10. The lowest BCUT2D eigenvalue weighted by molar-refractivity contribution is 0.400. The SMILES string of the molecule is Cc1cc(Nc2nc(Nc3ccc(F)c(Cl)c3)cc(-c3ccccc3)n2)no1. The molecule has 28 heavy (non-hydrogen) atoms. The summed E-state index contributed by atoms with van der Waals surface area (Å²) in [4.78, 5) is 9.01. The Morgan fingerprint density at radius 1 is 0.929 bits per heavy atom. The van der Waals surface area contributed by atoms with Crippen LogP contribution in [0, 0.1) is 12.7 Å². The van der Waals surface area contributed by atoms with Gasteiger partial charge in [0, 0.05) is 23.4 Å². The molecule has 2 N–H and O–H groups in total. The molecule has 140 valence electrons. The van der Waals surface area contributed by atoms with Gasteiger partial charge >= 0.3 is 0 Å². The molecular weight excluding hydrogens is 381 g/mol. The summed E-state index contributed by atoms with van der Waals surface area (Å²) in [5, 5.41) is 10.1. The van der Waals surface area contributed by atoms with Crippen molar-refractivity contribution in [1.82, 2.24) is 15.1 Å². The number of nitrogens with one attached hydrogen (secondary N) is 2. The number of aryl methyl sites for hydroxylation is 1. The van der Waals surface area contributed by atoms with Gasteiger partial charge in [-0.2, -0.15) is 4.98 Å². The molecule has 6 nitrogen and oxygen atoms in total. The zero-order valence-electron chi connectivity index (χ0n) is 14.8. The van der Waals surface area contributed by atoms with Crippen LogP contribution in [0.25, 0.3) is 11.3 Å². The molecule has 4 aromatic rings. The van der Waals surface area contributed by atoms with E-state index in [1.165, 1.54) is 12.1 Å². The van der Waals surface area contributed by atoms with E-state index in [9.17, 15) is 4.39 Å². The highest BCUT2D eigenvalue weighted by Crippen LogP contribution is 2.26. The first-order valence-electron chi connectivity index (χ1n) is 8.44. The predicted molar refractivity (Wildman–Crippen MR) is 107 cm³/mol. The number of aromatic nitrogens is 3. The third kappa shape index (κ3) is 4.10. The van der Waals surface area contributed by atoms with Crippen molar-refractivity contribution < 1.29 is 8.91 Å². The molecule has 0 radical (unpaired) electrons. The van der Waals surface area contributed by atoms with Crippen molar-refractivity contribution >= 4 is 34.9 Å². The molecule has 2 aromatic heterocycles. The molecular formula is C20H15ClFN5O. The fraction of sp³-hybridized carbons (Fsp3) is 0.0500. The summed E-state index contributed by atoms with van der Waals surface area (Å²) in [6.45, 7) is 1.80. The summed E-state index contributed by atoms with van der Waals surface area (Å²) < 4.78 is 18.5. The molecule has 0 saturated carbocycles. The van der Waals surface area contributed by atoms with Gasteiger partial charge in [-0.25, -0.2) is 9.37 Å². The van der Waals surface area contributed by atoms with Gasteiger partial charge in [0.1, 0.15) is 17.4 Å². The van der Waals surface area contributed by atoms with Crippen molar-refractivity contribution in [2.75, 3.05) is 10.6 Å². The van der Waals surface area contributed by atoms with Crippen LogP contribution in [0.3, 0.4) is 0 Å². The van der Waals surface area contributed by atoms with Crippen LogP contribution >= 0.6 is 11.6 Å². The molecule has 2 aromatic carbocycles. The summed E-state index contributed by atoms with van der Waals surface area (Å²) in [6.07, 6.45) is 0. The van der Waals surface area contributed by atoms with Crippen LogP contribution in [0.5, 0.6) is 0 Å². The smallest absolute Gasteiger partial charge is 0.231 e. The van der Waals surface area contributed by atoms with E-state index in [0.717, 1.165) is 5.56 Å². The van der Waals surface area contributed by atoms with E-state index in [1.54, 1.807) is 25.1 Å². The topological polar surface area (TPSA) is 75.9 Å². The van der Waals surface area contributed by atoms with Gasteiger partial charge in [0.05, 0.1) is 10.7 Å².